The van der Waals surface area contributed by atoms with Gasteiger partial charge < -0.3 is 5.32 Å². The van der Waals surface area contributed by atoms with Crippen molar-refractivity contribution in [3.8, 4) is 0 Å². The van der Waals surface area contributed by atoms with E-state index < -0.39 is 10.0 Å². The lowest BCUT2D eigenvalue weighted by Gasteiger charge is -2.11. The normalized spacial score (nSPS) is 15.9. The molecule has 1 saturated carbocycles. The van der Waals surface area contributed by atoms with Crippen LogP contribution in [-0.2, 0) is 10.0 Å². The molecular formula is C15H19N5O3S. The Kier molecular flexibility index (Phi) is 4.37. The van der Waals surface area contributed by atoms with Crippen molar-refractivity contribution in [3.63, 3.8) is 0 Å². The van der Waals surface area contributed by atoms with Gasteiger partial charge in [0.05, 0.1) is 10.9 Å². The van der Waals surface area contributed by atoms with Crippen LogP contribution < -0.4 is 10.0 Å². The second kappa shape index (κ2) is 6.33. The Bertz CT molecular complexity index is 840. The maximum Gasteiger partial charge on any atom is 0.251 e. The van der Waals surface area contributed by atoms with Crippen molar-refractivity contribution in [1.29, 1.82) is 0 Å². The van der Waals surface area contributed by atoms with Crippen LogP contribution in [0.5, 0.6) is 0 Å². The maximum atomic E-state index is 12.2. The van der Waals surface area contributed by atoms with E-state index in [-0.39, 0.29) is 22.9 Å². The third-order valence-corrected chi connectivity index (χ3v) is 5.21. The number of nitrogens with one attached hydrogen (secondary N) is 3. The summed E-state index contributed by atoms with van der Waals surface area (Å²) in [6.45, 7) is 3.55. The number of carbonyl (C=O) groups is 1. The molecule has 1 aromatic heterocycles. The number of hydrogen-bond donors (Lipinski definition) is 3. The highest BCUT2D eigenvalue weighted by Crippen LogP contribution is 2.22. The van der Waals surface area contributed by atoms with Crippen molar-refractivity contribution >= 4 is 15.9 Å². The van der Waals surface area contributed by atoms with Crippen LogP contribution in [0.2, 0.25) is 0 Å². The summed E-state index contributed by atoms with van der Waals surface area (Å²) in [5.41, 5.74) is 0.375. The molecule has 0 bridgehead atoms. The molecule has 1 amide bonds. The molecule has 2 aromatic rings. The standard InChI is InChI=1S/C15H19N5O3S/c1-9(14-17-10(2)18-19-14)16-15(21)11-3-7-13(8-4-11)24(22,23)20-12-5-6-12/h3-4,7-9,12,20H,5-6H2,1-2H3,(H,16,21)(H,17,18,19)/t9-/m0/s1. The SMILES string of the molecule is Cc1nc([C@H](C)NC(=O)c2ccc(S(=O)(=O)NC3CC3)cc2)n[nH]1. The fraction of sp³-hybridized carbons (Fsp3) is 0.400. The van der Waals surface area contributed by atoms with Gasteiger partial charge >= 0.3 is 0 Å². The second-order valence-corrected chi connectivity index (χ2v) is 7.61. The molecule has 1 aliphatic rings. The number of aromatic amines is 1. The van der Waals surface area contributed by atoms with Crippen LogP contribution in [0.4, 0.5) is 0 Å². The first-order valence-electron chi connectivity index (χ1n) is 7.67. The summed E-state index contributed by atoms with van der Waals surface area (Å²) in [4.78, 5) is 16.6. The summed E-state index contributed by atoms with van der Waals surface area (Å²) in [7, 11) is -3.51. The van der Waals surface area contributed by atoms with E-state index in [1.807, 2.05) is 0 Å². The van der Waals surface area contributed by atoms with E-state index in [1.54, 1.807) is 13.8 Å². The summed E-state index contributed by atoms with van der Waals surface area (Å²) in [5.74, 6) is 0.849. The Balaban J connectivity index is 1.67. The van der Waals surface area contributed by atoms with Gasteiger partial charge in [-0.05, 0) is 51.0 Å². The minimum atomic E-state index is -3.51. The van der Waals surface area contributed by atoms with Gasteiger partial charge in [0.25, 0.3) is 5.91 Å². The minimum absolute atomic E-state index is 0.0450. The number of sulfonamides is 1. The highest BCUT2D eigenvalue weighted by atomic mass is 32.2. The molecule has 1 fully saturated rings. The lowest BCUT2D eigenvalue weighted by Crippen LogP contribution is -2.28. The summed E-state index contributed by atoms with van der Waals surface area (Å²) >= 11 is 0. The van der Waals surface area contributed by atoms with Gasteiger partial charge in [0, 0.05) is 11.6 Å². The largest absolute Gasteiger partial charge is 0.342 e. The molecule has 1 aliphatic carbocycles. The fourth-order valence-corrected chi connectivity index (χ4v) is 3.48. The topological polar surface area (TPSA) is 117 Å². The van der Waals surface area contributed by atoms with E-state index in [4.69, 9.17) is 0 Å². The zero-order chi connectivity index (χ0) is 17.3. The molecule has 3 rings (SSSR count). The Morgan fingerprint density at radius 3 is 2.50 bits per heavy atom. The Hall–Kier alpha value is -2.26. The average molecular weight is 349 g/mol. The number of H-pyrrole nitrogens is 1. The first-order valence-corrected chi connectivity index (χ1v) is 9.15. The molecule has 128 valence electrons. The van der Waals surface area contributed by atoms with Gasteiger partial charge in [-0.1, -0.05) is 0 Å². The molecule has 3 N–H and O–H groups in total. The summed E-state index contributed by atoms with van der Waals surface area (Å²) in [5, 5.41) is 9.50. The number of benzene rings is 1. The van der Waals surface area contributed by atoms with Crippen LogP contribution in [0, 0.1) is 6.92 Å². The molecule has 0 unspecified atom stereocenters. The third kappa shape index (κ3) is 3.80. The number of amides is 1. The molecule has 24 heavy (non-hydrogen) atoms. The van der Waals surface area contributed by atoms with E-state index in [2.05, 4.69) is 25.2 Å². The van der Waals surface area contributed by atoms with Crippen molar-refractivity contribution in [2.24, 2.45) is 0 Å². The second-order valence-electron chi connectivity index (χ2n) is 5.89. The van der Waals surface area contributed by atoms with Gasteiger partial charge in [0.2, 0.25) is 10.0 Å². The van der Waals surface area contributed by atoms with Crippen LogP contribution in [0.25, 0.3) is 0 Å². The molecule has 9 heteroatoms. The number of hydrogen-bond acceptors (Lipinski definition) is 5. The highest BCUT2D eigenvalue weighted by molar-refractivity contribution is 7.89. The zero-order valence-corrected chi connectivity index (χ0v) is 14.2. The fourth-order valence-electron chi connectivity index (χ4n) is 2.17. The van der Waals surface area contributed by atoms with Crippen molar-refractivity contribution in [2.45, 2.75) is 43.7 Å². The Morgan fingerprint density at radius 1 is 1.29 bits per heavy atom. The molecule has 0 radical (unpaired) electrons. The number of nitrogens with zero attached hydrogens (tertiary/aromatic N) is 2. The Morgan fingerprint density at radius 2 is 1.96 bits per heavy atom. The molecule has 0 aliphatic heterocycles. The minimum Gasteiger partial charge on any atom is -0.342 e. The summed E-state index contributed by atoms with van der Waals surface area (Å²) in [6.07, 6.45) is 1.75. The highest BCUT2D eigenvalue weighted by Gasteiger charge is 2.28. The molecule has 1 aromatic carbocycles. The molecule has 0 saturated heterocycles. The van der Waals surface area contributed by atoms with E-state index in [0.717, 1.165) is 12.8 Å². The first-order chi connectivity index (χ1) is 11.3. The van der Waals surface area contributed by atoms with Gasteiger partial charge in [0.15, 0.2) is 5.82 Å². The average Bonchev–Trinajstić information content (AvgIpc) is 3.23. The summed E-state index contributed by atoms with van der Waals surface area (Å²) in [6, 6.07) is 5.54. The number of aryl methyl sites for hydroxylation is 1. The van der Waals surface area contributed by atoms with Gasteiger partial charge in [-0.2, -0.15) is 5.10 Å². The van der Waals surface area contributed by atoms with Gasteiger partial charge in [-0.25, -0.2) is 18.1 Å². The van der Waals surface area contributed by atoms with E-state index >= 15 is 0 Å². The van der Waals surface area contributed by atoms with E-state index in [1.165, 1.54) is 24.3 Å². The number of rotatable bonds is 6. The molecular weight excluding hydrogens is 330 g/mol. The number of carbonyl (C=O) groups excluding carboxylic acids is 1. The van der Waals surface area contributed by atoms with Crippen LogP contribution in [-0.4, -0.2) is 35.5 Å². The van der Waals surface area contributed by atoms with Crippen LogP contribution >= 0.6 is 0 Å². The van der Waals surface area contributed by atoms with Crippen molar-refractivity contribution in [3.05, 3.63) is 41.5 Å². The van der Waals surface area contributed by atoms with Crippen molar-refractivity contribution in [1.82, 2.24) is 25.2 Å². The predicted molar refractivity (Wildman–Crippen MR) is 86.8 cm³/mol. The maximum absolute atomic E-state index is 12.2. The van der Waals surface area contributed by atoms with Crippen LogP contribution in [0.1, 0.15) is 47.8 Å². The third-order valence-electron chi connectivity index (χ3n) is 3.68. The van der Waals surface area contributed by atoms with Crippen molar-refractivity contribution < 1.29 is 13.2 Å². The Labute approximate surface area is 140 Å². The molecule has 1 heterocycles. The molecule has 8 nitrogen and oxygen atoms in total. The predicted octanol–water partition coefficient (Wildman–Crippen LogP) is 1.04. The van der Waals surface area contributed by atoms with E-state index in [0.29, 0.717) is 17.2 Å². The van der Waals surface area contributed by atoms with Crippen LogP contribution in [0.3, 0.4) is 0 Å². The summed E-state index contributed by atoms with van der Waals surface area (Å²) < 4.78 is 26.8. The smallest absolute Gasteiger partial charge is 0.251 e. The lowest BCUT2D eigenvalue weighted by atomic mass is 10.2. The van der Waals surface area contributed by atoms with Crippen LogP contribution in [0.15, 0.2) is 29.2 Å². The van der Waals surface area contributed by atoms with Gasteiger partial charge in [0.1, 0.15) is 5.82 Å². The van der Waals surface area contributed by atoms with Crippen molar-refractivity contribution in [2.75, 3.05) is 0 Å². The van der Waals surface area contributed by atoms with Gasteiger partial charge in [-0.3, -0.25) is 9.89 Å². The lowest BCUT2D eigenvalue weighted by molar-refractivity contribution is 0.0938. The zero-order valence-electron chi connectivity index (χ0n) is 13.4. The molecule has 1 atom stereocenters. The van der Waals surface area contributed by atoms with Gasteiger partial charge in [-0.15, -0.1) is 0 Å². The first kappa shape index (κ1) is 16.6. The number of aromatic nitrogens is 3. The van der Waals surface area contributed by atoms with E-state index in [9.17, 15) is 13.2 Å². The quantitative estimate of drug-likeness (QED) is 0.720. The molecule has 0 spiro atoms. The monoisotopic (exact) mass is 349 g/mol.